The molecule has 1 aromatic heterocycles. The van der Waals surface area contributed by atoms with Gasteiger partial charge in [0, 0.05) is 12.5 Å². The van der Waals surface area contributed by atoms with Crippen LogP contribution in [0.3, 0.4) is 0 Å². The predicted octanol–water partition coefficient (Wildman–Crippen LogP) is 2.18. The van der Waals surface area contributed by atoms with Gasteiger partial charge in [0.25, 0.3) is 0 Å². The van der Waals surface area contributed by atoms with Crippen LogP contribution in [0.15, 0.2) is 0 Å². The van der Waals surface area contributed by atoms with Gasteiger partial charge in [-0.3, -0.25) is 0 Å². The van der Waals surface area contributed by atoms with Crippen LogP contribution in [0, 0.1) is 6.92 Å². The van der Waals surface area contributed by atoms with E-state index in [1.165, 1.54) is 19.4 Å². The summed E-state index contributed by atoms with van der Waals surface area (Å²) in [5, 5.41) is 0. The normalized spacial score (nSPS) is 19.4. The predicted molar refractivity (Wildman–Crippen MR) is 80.9 cm³/mol. The molecule has 1 fully saturated rings. The fourth-order valence-electron chi connectivity index (χ4n) is 2.67. The largest absolute Gasteiger partial charge is 0.477 e. The maximum absolute atomic E-state index is 5.93. The lowest BCUT2D eigenvalue weighted by molar-refractivity contribution is 0.227. The standard InChI is InChI=1S/C15H26N4O/c1-4-6-13-17-14(16)11(2)15(18-13)20-10-8-12-7-5-9-19(12)3/h12H,4-10H2,1-3H3,(H2,16,17,18). The highest BCUT2D eigenvalue weighted by molar-refractivity contribution is 5.44. The summed E-state index contributed by atoms with van der Waals surface area (Å²) in [7, 11) is 2.19. The number of nitrogens with two attached hydrogens (primary N) is 1. The van der Waals surface area contributed by atoms with E-state index in [1.54, 1.807) is 0 Å². The van der Waals surface area contributed by atoms with Gasteiger partial charge in [-0.25, -0.2) is 4.98 Å². The molecule has 2 N–H and O–H groups in total. The highest BCUT2D eigenvalue weighted by Crippen LogP contribution is 2.22. The molecule has 1 atom stereocenters. The highest BCUT2D eigenvalue weighted by atomic mass is 16.5. The minimum absolute atomic E-state index is 0.538. The number of hydrogen-bond donors (Lipinski definition) is 1. The first-order valence-electron chi connectivity index (χ1n) is 7.57. The SMILES string of the molecule is CCCc1nc(N)c(C)c(OCCC2CCCN2C)n1. The molecule has 5 heteroatoms. The number of nitrogens with zero attached hydrogens (tertiary/aromatic N) is 3. The Morgan fingerprint density at radius 1 is 1.40 bits per heavy atom. The van der Waals surface area contributed by atoms with Gasteiger partial charge in [0.15, 0.2) is 0 Å². The van der Waals surface area contributed by atoms with Crippen LogP contribution in [0.2, 0.25) is 0 Å². The number of nitrogen functional groups attached to an aromatic ring is 1. The number of aromatic nitrogens is 2. The Kier molecular flexibility index (Phi) is 5.17. The van der Waals surface area contributed by atoms with Crippen molar-refractivity contribution < 1.29 is 4.74 Å². The van der Waals surface area contributed by atoms with E-state index in [9.17, 15) is 0 Å². The van der Waals surface area contributed by atoms with Crippen molar-refractivity contribution in [1.82, 2.24) is 14.9 Å². The molecule has 1 saturated heterocycles. The van der Waals surface area contributed by atoms with Crippen molar-refractivity contribution in [1.29, 1.82) is 0 Å². The van der Waals surface area contributed by atoms with E-state index in [0.29, 0.717) is 24.3 Å². The minimum atomic E-state index is 0.538. The van der Waals surface area contributed by atoms with Crippen LogP contribution in [0.5, 0.6) is 5.88 Å². The summed E-state index contributed by atoms with van der Waals surface area (Å²) in [5.74, 6) is 1.97. The molecule has 0 radical (unpaired) electrons. The summed E-state index contributed by atoms with van der Waals surface area (Å²) >= 11 is 0. The number of likely N-dealkylation sites (tertiary alicyclic amines) is 1. The lowest BCUT2D eigenvalue weighted by atomic mass is 10.1. The molecule has 0 aliphatic carbocycles. The van der Waals surface area contributed by atoms with E-state index in [2.05, 4.69) is 28.8 Å². The van der Waals surface area contributed by atoms with E-state index in [0.717, 1.165) is 30.7 Å². The molecule has 1 aliphatic rings. The van der Waals surface area contributed by atoms with Gasteiger partial charge in [0.2, 0.25) is 5.88 Å². The van der Waals surface area contributed by atoms with Crippen LogP contribution >= 0.6 is 0 Å². The fourth-order valence-corrected chi connectivity index (χ4v) is 2.67. The molecule has 0 bridgehead atoms. The Morgan fingerprint density at radius 3 is 2.85 bits per heavy atom. The summed E-state index contributed by atoms with van der Waals surface area (Å²) in [5.41, 5.74) is 6.78. The molecule has 0 saturated carbocycles. The maximum Gasteiger partial charge on any atom is 0.221 e. The number of rotatable bonds is 6. The molecule has 0 spiro atoms. The van der Waals surface area contributed by atoms with Crippen LogP contribution < -0.4 is 10.5 Å². The van der Waals surface area contributed by atoms with Crippen molar-refractivity contribution in [3.05, 3.63) is 11.4 Å². The molecule has 20 heavy (non-hydrogen) atoms. The summed E-state index contributed by atoms with van der Waals surface area (Å²) in [6.45, 7) is 5.92. The van der Waals surface area contributed by atoms with Crippen LogP contribution in [0.25, 0.3) is 0 Å². The third-order valence-electron chi connectivity index (χ3n) is 4.02. The summed E-state index contributed by atoms with van der Waals surface area (Å²) < 4.78 is 5.86. The molecule has 0 aromatic carbocycles. The molecule has 0 amide bonds. The van der Waals surface area contributed by atoms with Gasteiger partial charge in [0.1, 0.15) is 11.6 Å². The van der Waals surface area contributed by atoms with Gasteiger partial charge < -0.3 is 15.4 Å². The van der Waals surface area contributed by atoms with Gasteiger partial charge in [-0.2, -0.15) is 4.98 Å². The Balaban J connectivity index is 1.94. The first-order chi connectivity index (χ1) is 9.61. The van der Waals surface area contributed by atoms with Crippen molar-refractivity contribution in [2.45, 2.75) is 52.0 Å². The maximum atomic E-state index is 5.93. The number of ether oxygens (including phenoxy) is 1. The van der Waals surface area contributed by atoms with E-state index in [1.807, 2.05) is 6.92 Å². The van der Waals surface area contributed by atoms with Crippen LogP contribution in [0.4, 0.5) is 5.82 Å². The number of anilines is 1. The second kappa shape index (κ2) is 6.88. The lowest BCUT2D eigenvalue weighted by Gasteiger charge is -2.19. The number of hydrogen-bond acceptors (Lipinski definition) is 5. The van der Waals surface area contributed by atoms with Crippen LogP contribution in [-0.4, -0.2) is 41.1 Å². The monoisotopic (exact) mass is 278 g/mol. The Morgan fingerprint density at radius 2 is 2.20 bits per heavy atom. The molecule has 2 rings (SSSR count). The van der Waals surface area contributed by atoms with Crippen molar-refractivity contribution in [2.75, 3.05) is 25.9 Å². The van der Waals surface area contributed by atoms with Crippen molar-refractivity contribution in [2.24, 2.45) is 0 Å². The summed E-state index contributed by atoms with van der Waals surface area (Å²) in [6, 6.07) is 0.643. The number of aryl methyl sites for hydroxylation is 1. The first kappa shape index (κ1) is 15.0. The van der Waals surface area contributed by atoms with Gasteiger partial charge in [-0.05, 0) is 46.2 Å². The molecule has 5 nitrogen and oxygen atoms in total. The topological polar surface area (TPSA) is 64.3 Å². The van der Waals surface area contributed by atoms with Gasteiger partial charge >= 0.3 is 0 Å². The third-order valence-corrected chi connectivity index (χ3v) is 4.02. The van der Waals surface area contributed by atoms with Crippen LogP contribution in [-0.2, 0) is 6.42 Å². The van der Waals surface area contributed by atoms with E-state index in [-0.39, 0.29) is 0 Å². The van der Waals surface area contributed by atoms with E-state index in [4.69, 9.17) is 10.5 Å². The summed E-state index contributed by atoms with van der Waals surface area (Å²) in [4.78, 5) is 11.2. The van der Waals surface area contributed by atoms with Gasteiger partial charge in [-0.1, -0.05) is 6.92 Å². The molecule has 112 valence electrons. The average Bonchev–Trinajstić information content (AvgIpc) is 2.81. The zero-order valence-corrected chi connectivity index (χ0v) is 12.9. The quantitative estimate of drug-likeness (QED) is 0.864. The van der Waals surface area contributed by atoms with E-state index >= 15 is 0 Å². The highest BCUT2D eigenvalue weighted by Gasteiger charge is 2.20. The molecule has 1 aromatic rings. The molecule has 2 heterocycles. The first-order valence-corrected chi connectivity index (χ1v) is 7.57. The fraction of sp³-hybridized carbons (Fsp3) is 0.733. The van der Waals surface area contributed by atoms with Crippen molar-refractivity contribution >= 4 is 5.82 Å². The average molecular weight is 278 g/mol. The molecule has 1 unspecified atom stereocenters. The molecular formula is C15H26N4O. The smallest absolute Gasteiger partial charge is 0.221 e. The van der Waals surface area contributed by atoms with Crippen molar-refractivity contribution in [3.63, 3.8) is 0 Å². The van der Waals surface area contributed by atoms with Crippen molar-refractivity contribution in [3.8, 4) is 5.88 Å². The lowest BCUT2D eigenvalue weighted by Crippen LogP contribution is -2.26. The Hall–Kier alpha value is -1.36. The Bertz CT molecular complexity index is 450. The van der Waals surface area contributed by atoms with Crippen LogP contribution in [0.1, 0.15) is 44.0 Å². The van der Waals surface area contributed by atoms with E-state index < -0.39 is 0 Å². The second-order valence-electron chi connectivity index (χ2n) is 5.62. The minimum Gasteiger partial charge on any atom is -0.477 e. The zero-order valence-electron chi connectivity index (χ0n) is 12.9. The zero-order chi connectivity index (χ0) is 14.5. The third kappa shape index (κ3) is 3.60. The Labute approximate surface area is 121 Å². The summed E-state index contributed by atoms with van der Waals surface area (Å²) in [6.07, 6.45) is 5.46. The molecular weight excluding hydrogens is 252 g/mol. The van der Waals surface area contributed by atoms with Gasteiger partial charge in [-0.15, -0.1) is 0 Å². The van der Waals surface area contributed by atoms with Gasteiger partial charge in [0.05, 0.1) is 12.2 Å². The second-order valence-corrected chi connectivity index (χ2v) is 5.62. The molecule has 1 aliphatic heterocycles.